The third-order valence-electron chi connectivity index (χ3n) is 6.19. The summed E-state index contributed by atoms with van der Waals surface area (Å²) in [6.45, 7) is 2.56. The molecule has 5 rings (SSSR count). The highest BCUT2D eigenvalue weighted by atomic mass is 35.5. The van der Waals surface area contributed by atoms with Gasteiger partial charge in [-0.15, -0.1) is 0 Å². The molecular weight excluding hydrogens is 316 g/mol. The predicted molar refractivity (Wildman–Crippen MR) is 93.8 cm³/mol. The van der Waals surface area contributed by atoms with Crippen LogP contribution in [0.4, 0.5) is 0 Å². The van der Waals surface area contributed by atoms with E-state index in [1.165, 1.54) is 48.8 Å². The number of fused-ring (bicyclic) bond motifs is 5. The smallest absolute Gasteiger partial charge is 0.164 e. The molecule has 0 spiro atoms. The van der Waals surface area contributed by atoms with Gasteiger partial charge in [0, 0.05) is 42.8 Å². The minimum absolute atomic E-state index is 0. The third kappa shape index (κ3) is 1.87. The Hall–Kier alpha value is -1.77. The van der Waals surface area contributed by atoms with Crippen LogP contribution in [0, 0.1) is 0 Å². The second kappa shape index (κ2) is 5.65. The van der Waals surface area contributed by atoms with Crippen molar-refractivity contribution in [1.82, 2.24) is 4.57 Å². The Morgan fingerprint density at radius 1 is 0.958 bits per heavy atom. The van der Waals surface area contributed by atoms with Crippen LogP contribution < -0.4 is 17.3 Å². The van der Waals surface area contributed by atoms with Gasteiger partial charge in [-0.2, -0.15) is 0 Å². The number of hydrogen-bond acceptors (Lipinski definition) is 0. The van der Waals surface area contributed by atoms with Crippen LogP contribution in [-0.2, 0) is 19.0 Å². The Kier molecular flexibility index (Phi) is 3.70. The summed E-state index contributed by atoms with van der Waals surface area (Å²) >= 11 is 0. The minimum atomic E-state index is 0. The van der Waals surface area contributed by atoms with Gasteiger partial charge in [-0.3, -0.25) is 0 Å². The number of hydrogen-bond donors (Lipinski definition) is 1. The first-order valence-corrected chi connectivity index (χ1v) is 8.80. The molecule has 0 saturated carbocycles. The van der Waals surface area contributed by atoms with E-state index in [9.17, 15) is 0 Å². The summed E-state index contributed by atoms with van der Waals surface area (Å²) in [6.07, 6.45) is 3.80. The number of nitrogens with zero attached hydrogens (tertiary/aromatic N) is 1. The molecule has 2 nitrogen and oxygen atoms in total. The molecule has 0 aliphatic carbocycles. The zero-order chi connectivity index (χ0) is 15.4. The number of quaternary nitrogens is 1. The fourth-order valence-corrected chi connectivity index (χ4v) is 5.33. The van der Waals surface area contributed by atoms with E-state index < -0.39 is 0 Å². The van der Waals surface area contributed by atoms with E-state index in [4.69, 9.17) is 0 Å². The maximum absolute atomic E-state index is 2.49. The molecular formula is C21H23ClN2. The predicted octanol–water partition coefficient (Wildman–Crippen LogP) is -0.339. The van der Waals surface area contributed by atoms with E-state index in [0.717, 1.165) is 0 Å². The molecule has 3 heterocycles. The van der Waals surface area contributed by atoms with Crippen molar-refractivity contribution in [1.29, 1.82) is 0 Å². The van der Waals surface area contributed by atoms with Gasteiger partial charge in [0.1, 0.15) is 0 Å². The number of benzene rings is 2. The molecule has 3 aromatic rings. The highest BCUT2D eigenvalue weighted by molar-refractivity contribution is 5.86. The van der Waals surface area contributed by atoms with E-state index in [1.807, 2.05) is 0 Å². The third-order valence-corrected chi connectivity index (χ3v) is 6.19. The Morgan fingerprint density at radius 3 is 2.54 bits per heavy atom. The number of aryl methyl sites for hydroxylation is 1. The van der Waals surface area contributed by atoms with Crippen LogP contribution in [0.5, 0.6) is 0 Å². The molecule has 1 N–H and O–H groups in total. The van der Waals surface area contributed by atoms with E-state index in [0.29, 0.717) is 0 Å². The van der Waals surface area contributed by atoms with Crippen molar-refractivity contribution in [2.24, 2.45) is 7.05 Å². The Bertz CT molecular complexity index is 883. The average Bonchev–Trinajstić information content (AvgIpc) is 3.17. The highest BCUT2D eigenvalue weighted by Crippen LogP contribution is 2.41. The Balaban J connectivity index is 0.00000146. The van der Waals surface area contributed by atoms with Gasteiger partial charge in [-0.05, 0) is 11.6 Å². The maximum Gasteiger partial charge on any atom is 0.164 e. The molecule has 3 heteroatoms. The molecule has 1 saturated heterocycles. The molecule has 2 unspecified atom stereocenters. The van der Waals surface area contributed by atoms with E-state index in [-0.39, 0.29) is 17.9 Å². The molecule has 24 heavy (non-hydrogen) atoms. The zero-order valence-electron chi connectivity index (χ0n) is 14.1. The first-order chi connectivity index (χ1) is 11.3. The summed E-state index contributed by atoms with van der Waals surface area (Å²) in [6, 6.07) is 20.2. The summed E-state index contributed by atoms with van der Waals surface area (Å²) < 4.78 is 2.49. The lowest BCUT2D eigenvalue weighted by atomic mass is 9.79. The number of aromatic nitrogens is 1. The first-order valence-electron chi connectivity index (χ1n) is 8.80. The molecule has 124 valence electrons. The van der Waals surface area contributed by atoms with Crippen molar-refractivity contribution >= 4 is 10.9 Å². The summed E-state index contributed by atoms with van der Waals surface area (Å²) in [7, 11) is 2.27. The average molecular weight is 339 g/mol. The van der Waals surface area contributed by atoms with Gasteiger partial charge in [0.15, 0.2) is 5.54 Å². The molecule has 2 atom stereocenters. The van der Waals surface area contributed by atoms with Crippen molar-refractivity contribution in [3.8, 4) is 0 Å². The van der Waals surface area contributed by atoms with Crippen LogP contribution in [0.3, 0.4) is 0 Å². The van der Waals surface area contributed by atoms with Crippen molar-refractivity contribution in [3.63, 3.8) is 0 Å². The lowest BCUT2D eigenvalue weighted by molar-refractivity contribution is -0.943. The van der Waals surface area contributed by atoms with Crippen LogP contribution in [0.1, 0.15) is 29.7 Å². The Morgan fingerprint density at radius 2 is 1.71 bits per heavy atom. The number of nitrogens with one attached hydrogen (secondary N) is 1. The largest absolute Gasteiger partial charge is 1.00 e. The summed E-state index contributed by atoms with van der Waals surface area (Å²) in [5, 5.41) is 1.46. The van der Waals surface area contributed by atoms with E-state index >= 15 is 0 Å². The fraction of sp³-hybridized carbons (Fsp3) is 0.333. The van der Waals surface area contributed by atoms with E-state index in [1.54, 1.807) is 16.2 Å². The SMILES string of the molecule is Cn1c2c(c3ccccc31)CC[NH+]1CCCC21c1ccccc1.[Cl-]. The van der Waals surface area contributed by atoms with Crippen LogP contribution in [0.15, 0.2) is 54.6 Å². The monoisotopic (exact) mass is 338 g/mol. The summed E-state index contributed by atoms with van der Waals surface area (Å²) in [4.78, 5) is 1.77. The standard InChI is InChI=1S/C21H22N2.ClH/c1-22-19-11-6-5-10-17(19)18-12-15-23-14-7-13-21(23,20(18)22)16-8-3-2-4-9-16;/h2-6,8-11H,7,12-15H2,1H3;1H. The van der Waals surface area contributed by atoms with Crippen LogP contribution in [0.25, 0.3) is 10.9 Å². The lowest BCUT2D eigenvalue weighted by Gasteiger charge is -2.40. The molecule has 1 aromatic heterocycles. The van der Waals surface area contributed by atoms with Crippen molar-refractivity contribution < 1.29 is 17.3 Å². The zero-order valence-corrected chi connectivity index (χ0v) is 14.8. The van der Waals surface area contributed by atoms with Crippen molar-refractivity contribution in [2.45, 2.75) is 24.8 Å². The van der Waals surface area contributed by atoms with Gasteiger partial charge in [-0.1, -0.05) is 48.5 Å². The number of para-hydroxylation sites is 1. The van der Waals surface area contributed by atoms with Gasteiger partial charge in [0.25, 0.3) is 0 Å². The molecule has 2 aliphatic rings. The Labute approximate surface area is 149 Å². The maximum atomic E-state index is 2.49. The van der Waals surface area contributed by atoms with Gasteiger partial charge < -0.3 is 21.9 Å². The number of rotatable bonds is 1. The van der Waals surface area contributed by atoms with Crippen LogP contribution >= 0.6 is 0 Å². The summed E-state index contributed by atoms with van der Waals surface area (Å²) in [5.41, 5.74) is 6.21. The van der Waals surface area contributed by atoms with Gasteiger partial charge in [0.05, 0.1) is 18.8 Å². The van der Waals surface area contributed by atoms with Crippen molar-refractivity contribution in [2.75, 3.05) is 13.1 Å². The van der Waals surface area contributed by atoms with Crippen molar-refractivity contribution in [3.05, 3.63) is 71.4 Å². The van der Waals surface area contributed by atoms with Crippen LogP contribution in [0.2, 0.25) is 0 Å². The normalized spacial score (nSPS) is 25.1. The van der Waals surface area contributed by atoms with Gasteiger partial charge in [0.2, 0.25) is 0 Å². The van der Waals surface area contributed by atoms with Gasteiger partial charge in [-0.25, -0.2) is 0 Å². The molecule has 2 aliphatic heterocycles. The van der Waals surface area contributed by atoms with Crippen LogP contribution in [-0.4, -0.2) is 17.7 Å². The molecule has 2 aromatic carbocycles. The molecule has 0 bridgehead atoms. The quantitative estimate of drug-likeness (QED) is 0.622. The molecule has 0 radical (unpaired) electrons. The lowest BCUT2D eigenvalue weighted by Crippen LogP contribution is -3.18. The van der Waals surface area contributed by atoms with E-state index in [2.05, 4.69) is 66.2 Å². The topological polar surface area (TPSA) is 9.37 Å². The second-order valence-corrected chi connectivity index (χ2v) is 7.13. The second-order valence-electron chi connectivity index (χ2n) is 7.13. The minimum Gasteiger partial charge on any atom is -1.00 e. The highest BCUT2D eigenvalue weighted by Gasteiger charge is 2.53. The molecule has 0 amide bonds. The van der Waals surface area contributed by atoms with Gasteiger partial charge >= 0.3 is 0 Å². The molecule has 1 fully saturated rings. The first kappa shape index (κ1) is 15.7. The summed E-state index contributed by atoms with van der Waals surface area (Å²) in [5.74, 6) is 0. The fourth-order valence-electron chi connectivity index (χ4n) is 5.33. The number of halogens is 1.